The molecule has 2 heterocycles. The lowest BCUT2D eigenvalue weighted by molar-refractivity contribution is -0.142. The van der Waals surface area contributed by atoms with Gasteiger partial charge in [0, 0.05) is 53.0 Å². The Hall–Kier alpha value is -5.83. The highest BCUT2D eigenvalue weighted by molar-refractivity contribution is 5.92. The summed E-state index contributed by atoms with van der Waals surface area (Å²) in [5, 5.41) is 17.3. The molecule has 230 valence electrons. The highest BCUT2D eigenvalue weighted by Crippen LogP contribution is 2.44. The van der Waals surface area contributed by atoms with E-state index in [1.165, 1.54) is 0 Å². The zero-order valence-electron chi connectivity index (χ0n) is 24.8. The van der Waals surface area contributed by atoms with Gasteiger partial charge in [-0.05, 0) is 45.5 Å². The second-order valence-electron chi connectivity index (χ2n) is 11.5. The van der Waals surface area contributed by atoms with E-state index in [4.69, 9.17) is 4.74 Å². The Bertz CT molecular complexity index is 2030. The van der Waals surface area contributed by atoms with Gasteiger partial charge in [0.15, 0.2) is 0 Å². The monoisotopic (exact) mass is 612 g/mol. The number of nitrogens with one attached hydrogen (secondary N) is 4. The minimum Gasteiger partial charge on any atom is -0.480 e. The molecule has 0 saturated heterocycles. The summed E-state index contributed by atoms with van der Waals surface area (Å²) in [6.07, 6.45) is 2.98. The van der Waals surface area contributed by atoms with Crippen molar-refractivity contribution < 1.29 is 24.2 Å². The summed E-state index contributed by atoms with van der Waals surface area (Å²) in [4.78, 5) is 45.8. The average molecular weight is 613 g/mol. The second kappa shape index (κ2) is 12.3. The molecule has 4 aromatic carbocycles. The Kier molecular flexibility index (Phi) is 7.72. The van der Waals surface area contributed by atoms with Gasteiger partial charge in [0.2, 0.25) is 5.91 Å². The molecule has 0 aliphatic heterocycles. The zero-order chi connectivity index (χ0) is 31.6. The van der Waals surface area contributed by atoms with Crippen LogP contribution in [0.4, 0.5) is 4.79 Å². The molecule has 2 aromatic heterocycles. The molecule has 6 aromatic rings. The Morgan fingerprint density at radius 2 is 1.17 bits per heavy atom. The van der Waals surface area contributed by atoms with E-state index in [0.717, 1.165) is 55.2 Å². The fourth-order valence-electron chi connectivity index (χ4n) is 6.50. The van der Waals surface area contributed by atoms with Crippen LogP contribution in [0.2, 0.25) is 0 Å². The summed E-state index contributed by atoms with van der Waals surface area (Å²) in [6, 6.07) is 29.0. The number of hydrogen-bond donors (Lipinski definition) is 5. The lowest BCUT2D eigenvalue weighted by Gasteiger charge is -2.22. The van der Waals surface area contributed by atoms with Gasteiger partial charge in [0.05, 0.1) is 0 Å². The van der Waals surface area contributed by atoms with Crippen molar-refractivity contribution in [3.05, 3.63) is 132 Å². The van der Waals surface area contributed by atoms with E-state index < -0.39 is 30.1 Å². The van der Waals surface area contributed by atoms with Crippen molar-refractivity contribution >= 4 is 39.8 Å². The normalized spacial score (nSPS) is 13.6. The first kappa shape index (κ1) is 28.9. The first-order valence-corrected chi connectivity index (χ1v) is 15.2. The number of aliphatic carboxylic acids is 1. The van der Waals surface area contributed by atoms with Crippen LogP contribution in [0.25, 0.3) is 32.9 Å². The maximum Gasteiger partial charge on any atom is 0.407 e. The first-order chi connectivity index (χ1) is 22.5. The lowest BCUT2D eigenvalue weighted by atomic mass is 9.98. The molecular weight excluding hydrogens is 580 g/mol. The summed E-state index contributed by atoms with van der Waals surface area (Å²) < 4.78 is 5.75. The number of hydrogen-bond acceptors (Lipinski definition) is 4. The Labute approximate surface area is 264 Å². The number of aromatic amines is 2. The third-order valence-corrected chi connectivity index (χ3v) is 8.76. The summed E-state index contributed by atoms with van der Waals surface area (Å²) in [6.45, 7) is 0.0829. The van der Waals surface area contributed by atoms with Crippen molar-refractivity contribution in [3.63, 3.8) is 0 Å². The quantitative estimate of drug-likeness (QED) is 0.131. The lowest BCUT2D eigenvalue weighted by Crippen LogP contribution is -2.53. The Morgan fingerprint density at radius 3 is 1.74 bits per heavy atom. The number of alkyl carbamates (subject to hydrolysis) is 1. The molecule has 1 aliphatic carbocycles. The van der Waals surface area contributed by atoms with Crippen LogP contribution < -0.4 is 10.6 Å². The summed E-state index contributed by atoms with van der Waals surface area (Å²) >= 11 is 0. The Balaban J connectivity index is 1.10. The van der Waals surface area contributed by atoms with Crippen LogP contribution in [-0.4, -0.2) is 51.7 Å². The number of carboxylic acids is 1. The average Bonchev–Trinajstić information content (AvgIpc) is 3.77. The van der Waals surface area contributed by atoms with Crippen molar-refractivity contribution in [2.75, 3.05) is 6.61 Å². The fraction of sp³-hybridized carbons (Fsp3) is 0.162. The van der Waals surface area contributed by atoms with Crippen LogP contribution in [0.15, 0.2) is 109 Å². The highest BCUT2D eigenvalue weighted by Gasteiger charge is 2.31. The molecule has 2 unspecified atom stereocenters. The van der Waals surface area contributed by atoms with Gasteiger partial charge in [-0.15, -0.1) is 0 Å². The number of aromatic nitrogens is 2. The van der Waals surface area contributed by atoms with Gasteiger partial charge in [-0.1, -0.05) is 84.9 Å². The molecule has 9 heteroatoms. The van der Waals surface area contributed by atoms with Gasteiger partial charge in [0.1, 0.15) is 18.7 Å². The minimum atomic E-state index is -1.22. The molecule has 0 fully saturated rings. The van der Waals surface area contributed by atoms with Crippen molar-refractivity contribution in [2.24, 2.45) is 0 Å². The third-order valence-electron chi connectivity index (χ3n) is 8.76. The van der Waals surface area contributed by atoms with Crippen LogP contribution in [0, 0.1) is 0 Å². The number of amides is 2. The van der Waals surface area contributed by atoms with Crippen molar-refractivity contribution in [1.82, 2.24) is 20.6 Å². The van der Waals surface area contributed by atoms with E-state index in [1.807, 2.05) is 84.9 Å². The van der Waals surface area contributed by atoms with Gasteiger partial charge < -0.3 is 30.4 Å². The number of carbonyl (C=O) groups excluding carboxylic acids is 2. The SMILES string of the molecule is O=C(NC(Cc1c[nH]c2ccccc12)C(=O)NC(Cc1c[nH]c2ccccc12)C(=O)O)OCC1c2ccccc2-c2ccccc21. The third kappa shape index (κ3) is 5.59. The molecule has 7 rings (SSSR count). The van der Waals surface area contributed by atoms with E-state index in [-0.39, 0.29) is 25.4 Å². The predicted octanol–water partition coefficient (Wildman–Crippen LogP) is 5.91. The molecule has 0 bridgehead atoms. The van der Waals surface area contributed by atoms with Crippen LogP contribution in [0.3, 0.4) is 0 Å². The summed E-state index contributed by atoms with van der Waals surface area (Å²) in [7, 11) is 0. The number of rotatable bonds is 10. The van der Waals surface area contributed by atoms with Crippen LogP contribution in [0.5, 0.6) is 0 Å². The topological polar surface area (TPSA) is 136 Å². The van der Waals surface area contributed by atoms with E-state index >= 15 is 0 Å². The molecule has 5 N–H and O–H groups in total. The zero-order valence-corrected chi connectivity index (χ0v) is 24.8. The number of fused-ring (bicyclic) bond motifs is 5. The molecule has 0 spiro atoms. The van der Waals surface area contributed by atoms with Crippen LogP contribution in [-0.2, 0) is 27.2 Å². The van der Waals surface area contributed by atoms with Gasteiger partial charge in [0.25, 0.3) is 0 Å². The number of para-hydroxylation sites is 2. The molecule has 46 heavy (non-hydrogen) atoms. The number of H-pyrrole nitrogens is 2. The smallest absolute Gasteiger partial charge is 0.407 e. The summed E-state index contributed by atoms with van der Waals surface area (Å²) in [5.74, 6) is -1.94. The van der Waals surface area contributed by atoms with Gasteiger partial charge in [-0.2, -0.15) is 0 Å². The number of carboxylic acid groups (broad SMARTS) is 1. The maximum atomic E-state index is 13.8. The van der Waals surface area contributed by atoms with Crippen molar-refractivity contribution in [3.8, 4) is 11.1 Å². The second-order valence-corrected chi connectivity index (χ2v) is 11.5. The molecule has 0 saturated carbocycles. The first-order valence-electron chi connectivity index (χ1n) is 15.2. The molecular formula is C37H32N4O5. The van der Waals surface area contributed by atoms with Crippen LogP contribution >= 0.6 is 0 Å². The predicted molar refractivity (Wildman–Crippen MR) is 176 cm³/mol. The van der Waals surface area contributed by atoms with Crippen LogP contribution in [0.1, 0.15) is 28.2 Å². The highest BCUT2D eigenvalue weighted by atomic mass is 16.5. The standard InChI is InChI=1S/C37H32N4O5/c42-35(40-34(36(43)44)18-23-20-39-32-16-8-6-10-25(23)32)33(17-22-19-38-31-15-7-5-9-24(22)31)41-37(45)46-21-30-28-13-3-1-11-26(28)27-12-2-4-14-29(27)30/h1-16,19-20,30,33-34,38-39H,17-18,21H2,(H,40,42)(H,41,45)(H,43,44). The number of carbonyl (C=O) groups is 3. The van der Waals surface area contributed by atoms with Gasteiger partial charge >= 0.3 is 12.1 Å². The largest absolute Gasteiger partial charge is 0.480 e. The fourth-order valence-corrected chi connectivity index (χ4v) is 6.50. The van der Waals surface area contributed by atoms with Crippen molar-refractivity contribution in [2.45, 2.75) is 30.8 Å². The molecule has 2 atom stereocenters. The maximum absolute atomic E-state index is 13.8. The minimum absolute atomic E-state index is 0.0653. The molecule has 9 nitrogen and oxygen atoms in total. The van der Waals surface area contributed by atoms with Gasteiger partial charge in [-0.3, -0.25) is 4.79 Å². The molecule has 1 aliphatic rings. The van der Waals surface area contributed by atoms with Gasteiger partial charge in [-0.25, -0.2) is 9.59 Å². The molecule has 2 amide bonds. The molecule has 0 radical (unpaired) electrons. The van der Waals surface area contributed by atoms with Crippen molar-refractivity contribution in [1.29, 1.82) is 0 Å². The van der Waals surface area contributed by atoms with E-state index in [9.17, 15) is 19.5 Å². The number of benzene rings is 4. The van der Waals surface area contributed by atoms with E-state index in [2.05, 4.69) is 32.7 Å². The van der Waals surface area contributed by atoms with E-state index in [0.29, 0.717) is 0 Å². The van der Waals surface area contributed by atoms with E-state index in [1.54, 1.807) is 12.4 Å². The number of ether oxygens (including phenoxy) is 1. The summed E-state index contributed by atoms with van der Waals surface area (Å²) in [5.41, 5.74) is 7.70. The Morgan fingerprint density at radius 1 is 0.674 bits per heavy atom.